The van der Waals surface area contributed by atoms with E-state index in [0.29, 0.717) is 29.3 Å². The van der Waals surface area contributed by atoms with Gasteiger partial charge in [0.05, 0.1) is 19.9 Å². The van der Waals surface area contributed by atoms with Crippen molar-refractivity contribution in [1.29, 1.82) is 0 Å². The lowest BCUT2D eigenvalue weighted by Gasteiger charge is -2.16. The Labute approximate surface area is 159 Å². The Hall–Kier alpha value is -3.06. The van der Waals surface area contributed by atoms with Gasteiger partial charge in [0.25, 0.3) is 5.91 Å². The molecule has 0 heterocycles. The smallest absolute Gasteiger partial charge is 0.255 e. The van der Waals surface area contributed by atoms with Crippen molar-refractivity contribution in [2.45, 2.75) is 20.4 Å². The van der Waals surface area contributed by atoms with Crippen LogP contribution in [0.2, 0.25) is 0 Å². The highest BCUT2D eigenvalue weighted by Crippen LogP contribution is 2.37. The number of amides is 2. The summed E-state index contributed by atoms with van der Waals surface area (Å²) in [5.41, 5.74) is 2.42. The summed E-state index contributed by atoms with van der Waals surface area (Å²) in [6, 6.07) is 10.7. The number of para-hydroxylation sites is 1. The molecule has 0 bridgehead atoms. The summed E-state index contributed by atoms with van der Waals surface area (Å²) >= 11 is 0. The number of hydrogen-bond acceptors (Lipinski definition) is 5. The Bertz CT molecular complexity index is 821. The zero-order valence-electron chi connectivity index (χ0n) is 16.0. The number of nitrogens with one attached hydrogen (secondary N) is 3. The normalized spacial score (nSPS) is 10.2. The van der Waals surface area contributed by atoms with Crippen molar-refractivity contribution < 1.29 is 19.1 Å². The van der Waals surface area contributed by atoms with Crippen molar-refractivity contribution in [1.82, 2.24) is 5.32 Å². The van der Waals surface area contributed by atoms with Crippen LogP contribution in [0, 0.1) is 0 Å². The lowest BCUT2D eigenvalue weighted by atomic mass is 10.1. The molecule has 7 heteroatoms. The van der Waals surface area contributed by atoms with Crippen molar-refractivity contribution in [3.05, 3.63) is 47.5 Å². The third kappa shape index (κ3) is 5.21. The van der Waals surface area contributed by atoms with E-state index in [2.05, 4.69) is 16.0 Å². The molecule has 144 valence electrons. The van der Waals surface area contributed by atoms with E-state index < -0.39 is 0 Å². The Morgan fingerprint density at radius 3 is 2.37 bits per heavy atom. The summed E-state index contributed by atoms with van der Waals surface area (Å²) in [5.74, 6) is 0.127. The van der Waals surface area contributed by atoms with E-state index in [1.165, 1.54) is 21.1 Å². The second-order valence-corrected chi connectivity index (χ2v) is 5.83. The number of hydrogen-bond donors (Lipinski definition) is 3. The third-order valence-corrected chi connectivity index (χ3v) is 3.88. The van der Waals surface area contributed by atoms with Crippen LogP contribution in [-0.2, 0) is 11.3 Å². The van der Waals surface area contributed by atoms with Gasteiger partial charge >= 0.3 is 0 Å². The Balaban J connectivity index is 2.35. The lowest BCUT2D eigenvalue weighted by molar-refractivity contribution is -0.114. The van der Waals surface area contributed by atoms with E-state index in [4.69, 9.17) is 9.47 Å². The van der Waals surface area contributed by atoms with E-state index in [1.807, 2.05) is 31.2 Å². The minimum absolute atomic E-state index is 0.274. The fourth-order valence-corrected chi connectivity index (χ4v) is 2.63. The largest absolute Gasteiger partial charge is 0.493 e. The zero-order valence-corrected chi connectivity index (χ0v) is 16.0. The summed E-state index contributed by atoms with van der Waals surface area (Å²) in [4.78, 5) is 24.3. The Morgan fingerprint density at radius 2 is 1.74 bits per heavy atom. The van der Waals surface area contributed by atoms with Gasteiger partial charge in [-0.15, -0.1) is 0 Å². The summed E-state index contributed by atoms with van der Waals surface area (Å²) < 4.78 is 10.6. The van der Waals surface area contributed by atoms with Crippen molar-refractivity contribution >= 4 is 23.2 Å². The predicted molar refractivity (Wildman–Crippen MR) is 106 cm³/mol. The zero-order chi connectivity index (χ0) is 19.8. The number of carbonyl (C=O) groups excluding carboxylic acids is 2. The standard InChI is InChI=1S/C20H25N3O4/c1-5-21-12-14-8-6-7-9-16(14)23-20(25)15-10-17(22-13(2)24)19(27-4)18(11-15)26-3/h6-11,21H,5,12H2,1-4H3,(H,22,24)(H,23,25). The molecule has 0 aliphatic rings. The molecule has 7 nitrogen and oxygen atoms in total. The van der Waals surface area contributed by atoms with Crippen LogP contribution in [0.5, 0.6) is 11.5 Å². The van der Waals surface area contributed by atoms with Crippen LogP contribution in [0.4, 0.5) is 11.4 Å². The van der Waals surface area contributed by atoms with Gasteiger partial charge in [-0.05, 0) is 30.3 Å². The predicted octanol–water partition coefficient (Wildman–Crippen LogP) is 3.02. The highest BCUT2D eigenvalue weighted by Gasteiger charge is 2.18. The second kappa shape index (κ2) is 9.59. The summed E-state index contributed by atoms with van der Waals surface area (Å²) in [6.45, 7) is 4.89. The molecule has 0 fully saturated rings. The van der Waals surface area contributed by atoms with Gasteiger partial charge in [0.1, 0.15) is 0 Å². The van der Waals surface area contributed by atoms with Gasteiger partial charge in [-0.3, -0.25) is 9.59 Å². The molecule has 0 radical (unpaired) electrons. The van der Waals surface area contributed by atoms with E-state index >= 15 is 0 Å². The van der Waals surface area contributed by atoms with E-state index in [0.717, 1.165) is 17.8 Å². The molecule has 2 amide bonds. The fraction of sp³-hybridized carbons (Fsp3) is 0.300. The van der Waals surface area contributed by atoms with Gasteiger partial charge in [0, 0.05) is 24.7 Å². The van der Waals surface area contributed by atoms with Gasteiger partial charge in [-0.1, -0.05) is 25.1 Å². The monoisotopic (exact) mass is 371 g/mol. The molecular weight excluding hydrogens is 346 g/mol. The molecule has 2 aromatic carbocycles. The minimum atomic E-state index is -0.313. The van der Waals surface area contributed by atoms with Crippen molar-refractivity contribution in [3.8, 4) is 11.5 Å². The summed E-state index contributed by atoms with van der Waals surface area (Å²) in [6.07, 6.45) is 0. The van der Waals surface area contributed by atoms with Crippen LogP contribution in [0.25, 0.3) is 0 Å². The molecule has 0 aliphatic heterocycles. The third-order valence-electron chi connectivity index (χ3n) is 3.88. The molecule has 0 spiro atoms. The topological polar surface area (TPSA) is 88.7 Å². The van der Waals surface area contributed by atoms with Gasteiger partial charge in [0.2, 0.25) is 5.91 Å². The molecule has 0 aliphatic carbocycles. The Kier molecular flexibility index (Phi) is 7.19. The molecule has 0 unspecified atom stereocenters. The first-order valence-corrected chi connectivity index (χ1v) is 8.63. The number of carbonyl (C=O) groups is 2. The van der Waals surface area contributed by atoms with Gasteiger partial charge < -0.3 is 25.4 Å². The van der Waals surface area contributed by atoms with Crippen LogP contribution >= 0.6 is 0 Å². The molecule has 0 saturated carbocycles. The van der Waals surface area contributed by atoms with Crippen LogP contribution in [0.1, 0.15) is 29.8 Å². The number of ether oxygens (including phenoxy) is 2. The molecule has 27 heavy (non-hydrogen) atoms. The molecule has 2 aromatic rings. The van der Waals surface area contributed by atoms with E-state index in [-0.39, 0.29) is 11.8 Å². The highest BCUT2D eigenvalue weighted by atomic mass is 16.5. The minimum Gasteiger partial charge on any atom is -0.493 e. The van der Waals surface area contributed by atoms with Gasteiger partial charge in [-0.2, -0.15) is 0 Å². The number of methoxy groups -OCH3 is 2. The first kappa shape index (κ1) is 20.3. The number of rotatable bonds is 8. The van der Waals surface area contributed by atoms with Crippen LogP contribution in [0.3, 0.4) is 0 Å². The van der Waals surface area contributed by atoms with E-state index in [9.17, 15) is 9.59 Å². The highest BCUT2D eigenvalue weighted by molar-refractivity contribution is 6.06. The summed E-state index contributed by atoms with van der Waals surface area (Å²) in [5, 5.41) is 8.83. The molecule has 0 saturated heterocycles. The summed E-state index contributed by atoms with van der Waals surface area (Å²) in [7, 11) is 2.95. The maximum Gasteiger partial charge on any atom is 0.255 e. The first-order valence-electron chi connectivity index (χ1n) is 8.63. The average Bonchev–Trinajstić information content (AvgIpc) is 2.66. The van der Waals surface area contributed by atoms with Crippen LogP contribution < -0.4 is 25.4 Å². The SMILES string of the molecule is CCNCc1ccccc1NC(=O)c1cc(NC(C)=O)c(OC)c(OC)c1. The van der Waals surface area contributed by atoms with Crippen molar-refractivity contribution in [3.63, 3.8) is 0 Å². The molecule has 3 N–H and O–H groups in total. The first-order chi connectivity index (χ1) is 13.0. The Morgan fingerprint density at radius 1 is 1.00 bits per heavy atom. The van der Waals surface area contributed by atoms with Crippen LogP contribution in [-0.4, -0.2) is 32.6 Å². The lowest BCUT2D eigenvalue weighted by Crippen LogP contribution is -2.17. The fourth-order valence-electron chi connectivity index (χ4n) is 2.63. The average molecular weight is 371 g/mol. The molecule has 0 atom stereocenters. The molecule has 2 rings (SSSR count). The number of anilines is 2. The molecular formula is C20H25N3O4. The van der Waals surface area contributed by atoms with Gasteiger partial charge in [-0.25, -0.2) is 0 Å². The quantitative estimate of drug-likeness (QED) is 0.664. The maximum atomic E-state index is 12.8. The van der Waals surface area contributed by atoms with Crippen molar-refractivity contribution in [2.75, 3.05) is 31.4 Å². The van der Waals surface area contributed by atoms with E-state index in [1.54, 1.807) is 12.1 Å². The van der Waals surface area contributed by atoms with Crippen LogP contribution in [0.15, 0.2) is 36.4 Å². The van der Waals surface area contributed by atoms with Gasteiger partial charge in [0.15, 0.2) is 11.5 Å². The van der Waals surface area contributed by atoms with Crippen molar-refractivity contribution in [2.24, 2.45) is 0 Å². The molecule has 0 aromatic heterocycles. The number of benzene rings is 2. The maximum absolute atomic E-state index is 12.8. The second-order valence-electron chi connectivity index (χ2n) is 5.83.